The number of nitrogens with zero attached hydrogens (tertiary/aromatic N) is 1. The van der Waals surface area contributed by atoms with Crippen LogP contribution in [0.3, 0.4) is 0 Å². The molecule has 0 spiro atoms. The van der Waals surface area contributed by atoms with Gasteiger partial charge in [-0.15, -0.1) is 0 Å². The predicted molar refractivity (Wildman–Crippen MR) is 68.1 cm³/mol. The van der Waals surface area contributed by atoms with E-state index in [1.807, 2.05) is 24.3 Å². The minimum absolute atomic E-state index is 0.0689. The molecule has 2 aromatic rings. The first-order valence-corrected chi connectivity index (χ1v) is 5.59. The van der Waals surface area contributed by atoms with Crippen molar-refractivity contribution >= 4 is 0 Å². The van der Waals surface area contributed by atoms with Crippen molar-refractivity contribution in [1.82, 2.24) is 4.98 Å². The number of aromatic nitrogens is 1. The summed E-state index contributed by atoms with van der Waals surface area (Å²) in [4.78, 5) is 3.99. The predicted octanol–water partition coefficient (Wildman–Crippen LogP) is 2.83. The van der Waals surface area contributed by atoms with Crippen molar-refractivity contribution in [2.24, 2.45) is 0 Å². The van der Waals surface area contributed by atoms with Crippen LogP contribution in [0.15, 0.2) is 48.8 Å². The summed E-state index contributed by atoms with van der Waals surface area (Å²) in [5.41, 5.74) is 1.68. The van der Waals surface area contributed by atoms with Gasteiger partial charge in [0.1, 0.15) is 19.0 Å². The summed E-state index contributed by atoms with van der Waals surface area (Å²) in [6.07, 6.45) is 3.41. The molecular weight excluding hydrogens is 229 g/mol. The van der Waals surface area contributed by atoms with Gasteiger partial charge in [0.25, 0.3) is 0 Å². The Morgan fingerprint density at radius 2 is 1.94 bits per heavy atom. The average molecular weight is 241 g/mol. The molecule has 0 bridgehead atoms. The zero-order chi connectivity index (χ0) is 12.6. The van der Waals surface area contributed by atoms with E-state index in [4.69, 9.17) is 4.74 Å². The second-order valence-electron chi connectivity index (χ2n) is 3.56. The Labute approximate surface area is 105 Å². The minimum atomic E-state index is -0.494. The number of ether oxygens (including phenoxy) is 1. The molecular formula is C15H12FNO. The Hall–Kier alpha value is -2.34. The van der Waals surface area contributed by atoms with E-state index in [0.717, 1.165) is 11.1 Å². The number of hydrogen-bond donors (Lipinski definition) is 0. The smallest absolute Gasteiger partial charge is 0.123 e. The maximum Gasteiger partial charge on any atom is 0.123 e. The highest BCUT2D eigenvalue weighted by molar-refractivity contribution is 5.44. The maximum absolute atomic E-state index is 12.0. The van der Waals surface area contributed by atoms with Crippen molar-refractivity contribution in [2.75, 3.05) is 13.3 Å². The van der Waals surface area contributed by atoms with Gasteiger partial charge < -0.3 is 4.74 Å². The first-order chi connectivity index (χ1) is 8.88. The quantitative estimate of drug-likeness (QED) is 0.771. The Morgan fingerprint density at radius 1 is 1.11 bits per heavy atom. The van der Waals surface area contributed by atoms with E-state index >= 15 is 0 Å². The molecule has 0 N–H and O–H groups in total. The molecule has 0 atom stereocenters. The molecule has 0 fully saturated rings. The fourth-order valence-corrected chi connectivity index (χ4v) is 1.40. The van der Waals surface area contributed by atoms with Gasteiger partial charge in [0.15, 0.2) is 0 Å². The summed E-state index contributed by atoms with van der Waals surface area (Å²) in [5.74, 6) is 6.65. The molecule has 18 heavy (non-hydrogen) atoms. The number of benzene rings is 1. The van der Waals surface area contributed by atoms with E-state index in [2.05, 4.69) is 16.8 Å². The van der Waals surface area contributed by atoms with Crippen LogP contribution in [0.1, 0.15) is 11.1 Å². The zero-order valence-corrected chi connectivity index (χ0v) is 9.77. The van der Waals surface area contributed by atoms with Crippen LogP contribution in [0.25, 0.3) is 0 Å². The van der Waals surface area contributed by atoms with Gasteiger partial charge in [0, 0.05) is 23.5 Å². The lowest BCUT2D eigenvalue weighted by Gasteiger charge is -2.02. The van der Waals surface area contributed by atoms with Crippen LogP contribution in [0.4, 0.5) is 4.39 Å². The van der Waals surface area contributed by atoms with Crippen LogP contribution in [-0.4, -0.2) is 18.3 Å². The van der Waals surface area contributed by atoms with E-state index < -0.39 is 6.67 Å². The number of pyridine rings is 1. The van der Waals surface area contributed by atoms with Crippen molar-refractivity contribution in [3.63, 3.8) is 0 Å². The summed E-state index contributed by atoms with van der Waals surface area (Å²) in [6.45, 7) is -0.426. The van der Waals surface area contributed by atoms with Crippen LogP contribution in [0.2, 0.25) is 0 Å². The third-order valence-corrected chi connectivity index (χ3v) is 2.19. The van der Waals surface area contributed by atoms with Gasteiger partial charge in [0.05, 0.1) is 0 Å². The van der Waals surface area contributed by atoms with Gasteiger partial charge in [0.2, 0.25) is 0 Å². The fourth-order valence-electron chi connectivity index (χ4n) is 1.40. The summed E-state index contributed by atoms with van der Waals surface area (Å²) in [5, 5.41) is 0. The molecule has 1 heterocycles. The summed E-state index contributed by atoms with van der Waals surface area (Å²) in [6, 6.07) is 11.0. The van der Waals surface area contributed by atoms with Crippen LogP contribution in [0.5, 0.6) is 5.75 Å². The molecule has 90 valence electrons. The maximum atomic E-state index is 12.0. The van der Waals surface area contributed by atoms with Crippen LogP contribution in [0, 0.1) is 11.8 Å². The van der Waals surface area contributed by atoms with Gasteiger partial charge in [-0.05, 0) is 30.3 Å². The highest BCUT2D eigenvalue weighted by Gasteiger charge is 1.94. The largest absolute Gasteiger partial charge is 0.491 e. The Balaban J connectivity index is 2.12. The van der Waals surface area contributed by atoms with Crippen molar-refractivity contribution < 1.29 is 9.13 Å². The van der Waals surface area contributed by atoms with Gasteiger partial charge >= 0.3 is 0 Å². The van der Waals surface area contributed by atoms with Crippen LogP contribution < -0.4 is 4.74 Å². The molecule has 0 aliphatic carbocycles. The van der Waals surface area contributed by atoms with Crippen molar-refractivity contribution in [3.05, 3.63) is 59.9 Å². The van der Waals surface area contributed by atoms with E-state index in [0.29, 0.717) is 5.75 Å². The molecule has 3 heteroatoms. The highest BCUT2D eigenvalue weighted by atomic mass is 19.1. The fraction of sp³-hybridized carbons (Fsp3) is 0.133. The minimum Gasteiger partial charge on any atom is -0.491 e. The number of hydrogen-bond acceptors (Lipinski definition) is 2. The molecule has 0 aliphatic rings. The molecule has 0 aliphatic heterocycles. The lowest BCUT2D eigenvalue weighted by Crippen LogP contribution is -1.98. The topological polar surface area (TPSA) is 22.1 Å². The van der Waals surface area contributed by atoms with Gasteiger partial charge in [-0.25, -0.2) is 4.39 Å². The van der Waals surface area contributed by atoms with Gasteiger partial charge in [-0.1, -0.05) is 17.9 Å². The molecule has 0 saturated carbocycles. The monoisotopic (exact) mass is 241 g/mol. The third-order valence-electron chi connectivity index (χ3n) is 2.19. The molecule has 2 rings (SSSR count). The van der Waals surface area contributed by atoms with E-state index in [-0.39, 0.29) is 6.61 Å². The molecule has 0 radical (unpaired) electrons. The van der Waals surface area contributed by atoms with E-state index in [1.165, 1.54) is 0 Å². The number of alkyl halides is 1. The molecule has 0 unspecified atom stereocenters. The summed E-state index contributed by atoms with van der Waals surface area (Å²) in [7, 11) is 0. The van der Waals surface area contributed by atoms with Gasteiger partial charge in [-0.2, -0.15) is 0 Å². The lowest BCUT2D eigenvalue weighted by atomic mass is 10.2. The first-order valence-electron chi connectivity index (χ1n) is 5.59. The lowest BCUT2D eigenvalue weighted by molar-refractivity contribution is 0.273. The third kappa shape index (κ3) is 3.60. The Morgan fingerprint density at radius 3 is 2.72 bits per heavy atom. The van der Waals surface area contributed by atoms with Crippen molar-refractivity contribution in [1.29, 1.82) is 0 Å². The molecule has 1 aromatic heterocycles. The first kappa shape index (κ1) is 12.1. The summed E-state index contributed by atoms with van der Waals surface area (Å²) < 4.78 is 17.2. The number of halogens is 1. The average Bonchev–Trinajstić information content (AvgIpc) is 2.44. The van der Waals surface area contributed by atoms with E-state index in [9.17, 15) is 4.39 Å². The molecule has 2 nitrogen and oxygen atoms in total. The standard InChI is InChI=1S/C15H12FNO/c16-8-10-18-15-5-1-3-13(11-15)6-7-14-4-2-9-17-12-14/h1-5,9,11-12H,8,10H2. The highest BCUT2D eigenvalue weighted by Crippen LogP contribution is 2.12. The van der Waals surface area contributed by atoms with E-state index in [1.54, 1.807) is 24.5 Å². The molecule has 0 amide bonds. The van der Waals surface area contributed by atoms with Crippen LogP contribution >= 0.6 is 0 Å². The summed E-state index contributed by atoms with van der Waals surface area (Å²) >= 11 is 0. The van der Waals surface area contributed by atoms with Gasteiger partial charge in [-0.3, -0.25) is 4.98 Å². The molecule has 0 saturated heterocycles. The Bertz CT molecular complexity index is 557. The normalized spacial score (nSPS) is 9.39. The zero-order valence-electron chi connectivity index (χ0n) is 9.77. The van der Waals surface area contributed by atoms with Crippen LogP contribution in [-0.2, 0) is 0 Å². The SMILES string of the molecule is FCCOc1cccc(C#Cc2cccnc2)c1. The second-order valence-corrected chi connectivity index (χ2v) is 3.56. The molecule has 1 aromatic carbocycles. The van der Waals surface area contributed by atoms with Crippen molar-refractivity contribution in [3.8, 4) is 17.6 Å². The second kappa shape index (κ2) is 6.41. The Kier molecular flexibility index (Phi) is 4.32. The van der Waals surface area contributed by atoms with Crippen molar-refractivity contribution in [2.45, 2.75) is 0 Å². The number of rotatable bonds is 3.